The monoisotopic (exact) mass is 522 g/mol. The molecule has 35 heavy (non-hydrogen) atoms. The number of unbranched alkanes of at least 4 members (excludes halogenated alkanes) is 1. The molecular formula is C26H32Cl2N2O5. The van der Waals surface area contributed by atoms with Gasteiger partial charge in [0.1, 0.15) is 0 Å². The van der Waals surface area contributed by atoms with Crippen LogP contribution in [-0.4, -0.2) is 57.5 Å². The maximum atomic E-state index is 13.2. The number of carboxylic acids is 2. The van der Waals surface area contributed by atoms with E-state index in [1.807, 2.05) is 36.4 Å². The Hall–Kier alpha value is -2.61. The van der Waals surface area contributed by atoms with Crippen LogP contribution in [0.2, 0.25) is 10.0 Å². The van der Waals surface area contributed by atoms with Crippen molar-refractivity contribution in [2.75, 3.05) is 19.6 Å². The zero-order chi connectivity index (χ0) is 25.8. The van der Waals surface area contributed by atoms with Gasteiger partial charge in [0.25, 0.3) is 0 Å². The molecular weight excluding hydrogens is 491 g/mol. The Balaban J connectivity index is 0.000000641. The van der Waals surface area contributed by atoms with Crippen LogP contribution in [0.5, 0.6) is 0 Å². The molecule has 0 unspecified atom stereocenters. The van der Waals surface area contributed by atoms with Crippen LogP contribution >= 0.6 is 23.2 Å². The number of nitrogens with zero attached hydrogens (tertiary/aromatic N) is 2. The lowest BCUT2D eigenvalue weighted by atomic mass is 9.94. The number of amides is 1. The summed E-state index contributed by atoms with van der Waals surface area (Å²) in [5.41, 5.74) is 2.37. The van der Waals surface area contributed by atoms with Gasteiger partial charge in [-0.3, -0.25) is 9.69 Å². The summed E-state index contributed by atoms with van der Waals surface area (Å²) >= 11 is 12.2. The average molecular weight is 523 g/mol. The SMILES string of the molecule is CCCCN(Cc1ccccc1)C(=O)C1CCN(Cc2ccc(Cl)c(Cl)c2)CC1.O=C(O)C(=O)O. The molecule has 7 nitrogen and oxygen atoms in total. The van der Waals surface area contributed by atoms with Crippen molar-refractivity contribution < 1.29 is 24.6 Å². The summed E-state index contributed by atoms with van der Waals surface area (Å²) in [6, 6.07) is 16.1. The molecule has 1 fully saturated rings. The van der Waals surface area contributed by atoms with Gasteiger partial charge in [0.05, 0.1) is 10.0 Å². The van der Waals surface area contributed by atoms with Gasteiger partial charge < -0.3 is 15.1 Å². The molecule has 0 aromatic heterocycles. The Morgan fingerprint density at radius 2 is 1.57 bits per heavy atom. The summed E-state index contributed by atoms with van der Waals surface area (Å²) in [5, 5.41) is 16.0. The van der Waals surface area contributed by atoms with Crippen molar-refractivity contribution in [3.8, 4) is 0 Å². The molecule has 1 aliphatic heterocycles. The number of rotatable bonds is 8. The molecule has 0 bridgehead atoms. The second-order valence-corrected chi connectivity index (χ2v) is 9.32. The van der Waals surface area contributed by atoms with Crippen molar-refractivity contribution in [2.24, 2.45) is 5.92 Å². The van der Waals surface area contributed by atoms with Crippen LogP contribution in [0.25, 0.3) is 0 Å². The van der Waals surface area contributed by atoms with E-state index in [-0.39, 0.29) is 5.92 Å². The first-order valence-corrected chi connectivity index (χ1v) is 12.4. The van der Waals surface area contributed by atoms with Crippen molar-refractivity contribution in [3.63, 3.8) is 0 Å². The molecule has 1 heterocycles. The molecule has 2 aromatic carbocycles. The van der Waals surface area contributed by atoms with Crippen LogP contribution in [0, 0.1) is 5.92 Å². The van der Waals surface area contributed by atoms with Crippen molar-refractivity contribution in [1.29, 1.82) is 0 Å². The Morgan fingerprint density at radius 3 is 2.11 bits per heavy atom. The standard InChI is InChI=1S/C24H30Cl2N2O.C2H2O4/c1-2-3-13-28(18-19-7-5-4-6-8-19)24(29)21-11-14-27(15-12-21)17-20-9-10-22(25)23(26)16-20;3-1(4)2(5)6/h4-10,16,21H,2-3,11-15,17-18H2,1H3;(H,3,4)(H,5,6). The van der Waals surface area contributed by atoms with Crippen LogP contribution in [0.3, 0.4) is 0 Å². The van der Waals surface area contributed by atoms with Gasteiger partial charge in [-0.05, 0) is 55.6 Å². The highest BCUT2D eigenvalue weighted by Crippen LogP contribution is 2.26. The zero-order valence-corrected chi connectivity index (χ0v) is 21.3. The van der Waals surface area contributed by atoms with E-state index in [1.54, 1.807) is 0 Å². The fraction of sp³-hybridized carbons (Fsp3) is 0.423. The number of halogens is 2. The third-order valence-electron chi connectivity index (χ3n) is 5.82. The van der Waals surface area contributed by atoms with Gasteiger partial charge in [0, 0.05) is 25.6 Å². The van der Waals surface area contributed by atoms with Gasteiger partial charge in [0.15, 0.2) is 0 Å². The van der Waals surface area contributed by atoms with Crippen LogP contribution < -0.4 is 0 Å². The maximum absolute atomic E-state index is 13.2. The molecule has 0 saturated carbocycles. The van der Waals surface area contributed by atoms with Crippen LogP contribution in [0.4, 0.5) is 0 Å². The van der Waals surface area contributed by atoms with Gasteiger partial charge in [0.2, 0.25) is 5.91 Å². The molecule has 1 saturated heterocycles. The summed E-state index contributed by atoms with van der Waals surface area (Å²) in [7, 11) is 0. The second kappa shape index (κ2) is 14.7. The number of carbonyl (C=O) groups is 3. The highest BCUT2D eigenvalue weighted by molar-refractivity contribution is 6.42. The minimum atomic E-state index is -1.82. The summed E-state index contributed by atoms with van der Waals surface area (Å²) in [4.78, 5) is 35.9. The third kappa shape index (κ3) is 9.88. The molecule has 1 aliphatic rings. The molecule has 0 radical (unpaired) electrons. The Morgan fingerprint density at radius 1 is 0.943 bits per heavy atom. The number of likely N-dealkylation sites (tertiary alicyclic amines) is 1. The fourth-order valence-electron chi connectivity index (χ4n) is 3.91. The highest BCUT2D eigenvalue weighted by atomic mass is 35.5. The molecule has 2 aromatic rings. The first kappa shape index (κ1) is 28.6. The molecule has 190 valence electrons. The Labute approximate surface area is 216 Å². The van der Waals surface area contributed by atoms with Crippen LogP contribution in [0.15, 0.2) is 48.5 Å². The van der Waals surface area contributed by atoms with Crippen molar-refractivity contribution in [2.45, 2.75) is 45.7 Å². The first-order chi connectivity index (χ1) is 16.7. The Kier molecular flexibility index (Phi) is 12.0. The van der Waals surface area contributed by atoms with Crippen LogP contribution in [0.1, 0.15) is 43.7 Å². The number of hydrogen-bond acceptors (Lipinski definition) is 4. The minimum absolute atomic E-state index is 0.126. The normalized spacial score (nSPS) is 14.0. The number of benzene rings is 2. The molecule has 0 spiro atoms. The predicted molar refractivity (Wildman–Crippen MR) is 137 cm³/mol. The predicted octanol–water partition coefficient (Wildman–Crippen LogP) is 5.19. The number of aliphatic carboxylic acids is 2. The van der Waals surface area contributed by atoms with Crippen LogP contribution in [-0.2, 0) is 27.5 Å². The van der Waals surface area contributed by atoms with Crippen molar-refractivity contribution in [3.05, 3.63) is 69.7 Å². The molecule has 0 aliphatic carbocycles. The molecule has 1 amide bonds. The van der Waals surface area contributed by atoms with E-state index in [0.717, 1.165) is 57.4 Å². The molecule has 0 atom stereocenters. The van der Waals surface area contributed by atoms with E-state index in [1.165, 1.54) is 5.56 Å². The number of carboxylic acid groups (broad SMARTS) is 2. The van der Waals surface area contributed by atoms with Crippen molar-refractivity contribution in [1.82, 2.24) is 9.80 Å². The first-order valence-electron chi connectivity index (χ1n) is 11.7. The van der Waals surface area contributed by atoms with E-state index in [0.29, 0.717) is 22.5 Å². The fourth-order valence-corrected chi connectivity index (χ4v) is 4.23. The zero-order valence-electron chi connectivity index (χ0n) is 19.8. The number of piperidine rings is 1. The van der Waals surface area contributed by atoms with Gasteiger partial charge in [-0.15, -0.1) is 0 Å². The third-order valence-corrected chi connectivity index (χ3v) is 6.56. The summed E-state index contributed by atoms with van der Waals surface area (Å²) in [6.45, 7) is 6.44. The minimum Gasteiger partial charge on any atom is -0.473 e. The van der Waals surface area contributed by atoms with Gasteiger partial charge in [-0.2, -0.15) is 0 Å². The number of hydrogen-bond donors (Lipinski definition) is 2. The van der Waals surface area contributed by atoms with E-state index < -0.39 is 11.9 Å². The van der Waals surface area contributed by atoms with E-state index in [4.69, 9.17) is 43.0 Å². The number of carbonyl (C=O) groups excluding carboxylic acids is 1. The lowest BCUT2D eigenvalue weighted by molar-refractivity contribution is -0.159. The summed E-state index contributed by atoms with van der Waals surface area (Å²) < 4.78 is 0. The summed E-state index contributed by atoms with van der Waals surface area (Å²) in [5.74, 6) is -3.21. The van der Waals surface area contributed by atoms with Gasteiger partial charge in [-0.25, -0.2) is 9.59 Å². The lowest BCUT2D eigenvalue weighted by Crippen LogP contribution is -2.42. The maximum Gasteiger partial charge on any atom is 0.414 e. The van der Waals surface area contributed by atoms with E-state index >= 15 is 0 Å². The second-order valence-electron chi connectivity index (χ2n) is 8.51. The summed E-state index contributed by atoms with van der Waals surface area (Å²) in [6.07, 6.45) is 3.98. The molecule has 9 heteroatoms. The molecule has 2 N–H and O–H groups in total. The van der Waals surface area contributed by atoms with Gasteiger partial charge >= 0.3 is 11.9 Å². The average Bonchev–Trinajstić information content (AvgIpc) is 2.85. The molecule has 3 rings (SSSR count). The topological polar surface area (TPSA) is 98.2 Å². The smallest absolute Gasteiger partial charge is 0.414 e. The van der Waals surface area contributed by atoms with Crippen molar-refractivity contribution >= 4 is 41.0 Å². The Bertz CT molecular complexity index is 967. The highest BCUT2D eigenvalue weighted by Gasteiger charge is 2.28. The van der Waals surface area contributed by atoms with E-state index in [9.17, 15) is 4.79 Å². The quantitative estimate of drug-likeness (QED) is 0.463. The van der Waals surface area contributed by atoms with E-state index in [2.05, 4.69) is 28.9 Å². The lowest BCUT2D eigenvalue weighted by Gasteiger charge is -2.34. The largest absolute Gasteiger partial charge is 0.473 e. The van der Waals surface area contributed by atoms with Gasteiger partial charge in [-0.1, -0.05) is 72.9 Å².